The second-order valence-corrected chi connectivity index (χ2v) is 7.52. The fraction of sp³-hybridized carbons (Fsp3) is 0.368. The Kier molecular flexibility index (Phi) is 4.55. The van der Waals surface area contributed by atoms with Gasteiger partial charge < -0.3 is 19.6 Å². The molecule has 7 heteroatoms. The number of likely N-dealkylation sites (tertiary alicyclic amines) is 1. The first kappa shape index (κ1) is 16.9. The van der Waals surface area contributed by atoms with Crippen molar-refractivity contribution in [2.75, 3.05) is 31.1 Å². The molecule has 2 aromatic rings. The number of anilines is 2. The van der Waals surface area contributed by atoms with Gasteiger partial charge in [0, 0.05) is 24.8 Å². The zero-order valence-corrected chi connectivity index (χ0v) is 15.1. The molecule has 1 amide bonds. The molecule has 1 saturated heterocycles. The van der Waals surface area contributed by atoms with Crippen LogP contribution in [0.4, 0.5) is 10.7 Å². The number of carbonyl (C=O) groups is 2. The maximum Gasteiger partial charge on any atom is 0.335 e. The number of hydrogen-bond acceptors (Lipinski definition) is 5. The van der Waals surface area contributed by atoms with Crippen LogP contribution in [0.15, 0.2) is 30.3 Å². The van der Waals surface area contributed by atoms with E-state index < -0.39 is 5.97 Å². The summed E-state index contributed by atoms with van der Waals surface area (Å²) in [6, 6.07) is 8.63. The van der Waals surface area contributed by atoms with Gasteiger partial charge in [0.1, 0.15) is 11.6 Å². The lowest BCUT2D eigenvalue weighted by Gasteiger charge is -2.28. The maximum absolute atomic E-state index is 12.8. The molecule has 26 heavy (non-hydrogen) atoms. The monoisotopic (exact) mass is 372 g/mol. The number of hydrogen-bond donors (Lipinski definition) is 1. The van der Waals surface area contributed by atoms with Gasteiger partial charge in [-0.2, -0.15) is 0 Å². The van der Waals surface area contributed by atoms with Crippen molar-refractivity contribution in [3.8, 4) is 5.75 Å². The number of thiophene rings is 1. The Labute approximate surface area is 155 Å². The van der Waals surface area contributed by atoms with Gasteiger partial charge in [0.25, 0.3) is 5.91 Å². The van der Waals surface area contributed by atoms with E-state index in [0.29, 0.717) is 18.0 Å². The van der Waals surface area contributed by atoms with E-state index in [0.717, 1.165) is 42.4 Å². The summed E-state index contributed by atoms with van der Waals surface area (Å²) in [6.07, 6.45) is 3.32. The van der Waals surface area contributed by atoms with Crippen molar-refractivity contribution < 1.29 is 19.4 Å². The number of carbonyl (C=O) groups excluding carboxylic acids is 1. The lowest BCUT2D eigenvalue weighted by Crippen LogP contribution is -2.35. The highest BCUT2D eigenvalue weighted by Crippen LogP contribution is 2.44. The van der Waals surface area contributed by atoms with E-state index in [1.807, 2.05) is 11.0 Å². The van der Waals surface area contributed by atoms with Gasteiger partial charge in [-0.25, -0.2) is 4.79 Å². The van der Waals surface area contributed by atoms with E-state index in [4.69, 9.17) is 9.84 Å². The van der Waals surface area contributed by atoms with Crippen LogP contribution in [0.25, 0.3) is 0 Å². The van der Waals surface area contributed by atoms with Crippen LogP contribution in [0, 0.1) is 0 Å². The summed E-state index contributed by atoms with van der Waals surface area (Å²) in [6.45, 7) is 2.84. The van der Waals surface area contributed by atoms with Crippen molar-refractivity contribution in [1.29, 1.82) is 0 Å². The molecule has 0 bridgehead atoms. The van der Waals surface area contributed by atoms with Gasteiger partial charge in [-0.15, -0.1) is 11.3 Å². The largest absolute Gasteiger partial charge is 0.489 e. The van der Waals surface area contributed by atoms with Crippen LogP contribution in [-0.4, -0.2) is 48.1 Å². The average molecular weight is 372 g/mol. The molecule has 4 rings (SSSR count). The molecule has 0 atom stereocenters. The van der Waals surface area contributed by atoms with Gasteiger partial charge >= 0.3 is 5.97 Å². The minimum atomic E-state index is -0.940. The van der Waals surface area contributed by atoms with E-state index in [2.05, 4.69) is 4.90 Å². The first-order valence-electron chi connectivity index (χ1n) is 8.80. The summed E-state index contributed by atoms with van der Waals surface area (Å²) >= 11 is 1.44. The maximum atomic E-state index is 12.8. The zero-order chi connectivity index (χ0) is 18.1. The predicted octanol–water partition coefficient (Wildman–Crippen LogP) is 3.60. The van der Waals surface area contributed by atoms with Crippen LogP contribution in [-0.2, 0) is 0 Å². The van der Waals surface area contributed by atoms with E-state index in [1.165, 1.54) is 17.8 Å². The summed E-state index contributed by atoms with van der Waals surface area (Å²) in [4.78, 5) is 28.5. The third kappa shape index (κ3) is 3.14. The zero-order valence-electron chi connectivity index (χ0n) is 14.3. The van der Waals surface area contributed by atoms with Crippen LogP contribution in [0.2, 0.25) is 0 Å². The van der Waals surface area contributed by atoms with Crippen LogP contribution < -0.4 is 9.64 Å². The number of carboxylic acid groups (broad SMARTS) is 1. The fourth-order valence-corrected chi connectivity index (χ4v) is 4.51. The minimum Gasteiger partial charge on any atom is -0.489 e. The van der Waals surface area contributed by atoms with E-state index >= 15 is 0 Å². The van der Waals surface area contributed by atoms with Gasteiger partial charge in [0.05, 0.1) is 17.0 Å². The van der Waals surface area contributed by atoms with Gasteiger partial charge in [0.2, 0.25) is 0 Å². The van der Waals surface area contributed by atoms with E-state index in [1.54, 1.807) is 24.3 Å². The van der Waals surface area contributed by atoms with Crippen LogP contribution in [0.3, 0.4) is 0 Å². The summed E-state index contributed by atoms with van der Waals surface area (Å²) in [5, 5.41) is 9.96. The summed E-state index contributed by atoms with van der Waals surface area (Å²) in [5.74, 6) is -0.137. The number of piperidine rings is 1. The molecular formula is C19H20N2O4S. The molecule has 1 aromatic carbocycles. The number of fused-ring (bicyclic) bond motifs is 1. The SMILES string of the molecule is O=C(O)c1ccc(N2CCOc3cc(C(=O)N4CCCCC4)sc32)cc1. The van der Waals surface area contributed by atoms with E-state index in [-0.39, 0.29) is 11.5 Å². The molecule has 2 aliphatic rings. The lowest BCUT2D eigenvalue weighted by atomic mass is 10.1. The first-order chi connectivity index (χ1) is 12.6. The minimum absolute atomic E-state index is 0.0777. The number of aromatic carboxylic acids is 1. The Bertz CT molecular complexity index is 825. The smallest absolute Gasteiger partial charge is 0.335 e. The van der Waals surface area contributed by atoms with Crippen molar-refractivity contribution in [2.24, 2.45) is 0 Å². The quantitative estimate of drug-likeness (QED) is 0.891. The van der Waals surface area contributed by atoms with Gasteiger partial charge in [-0.1, -0.05) is 0 Å². The van der Waals surface area contributed by atoms with Gasteiger partial charge in [-0.05, 0) is 43.5 Å². The van der Waals surface area contributed by atoms with E-state index in [9.17, 15) is 9.59 Å². The molecule has 1 N–H and O–H groups in total. The van der Waals surface area contributed by atoms with Crippen molar-refractivity contribution in [3.63, 3.8) is 0 Å². The Morgan fingerprint density at radius 3 is 2.46 bits per heavy atom. The Balaban J connectivity index is 1.60. The fourth-order valence-electron chi connectivity index (χ4n) is 3.39. The number of benzene rings is 1. The molecule has 3 heterocycles. The molecule has 0 unspecified atom stereocenters. The highest BCUT2D eigenvalue weighted by molar-refractivity contribution is 7.18. The second-order valence-electron chi connectivity index (χ2n) is 6.49. The number of amides is 1. The highest BCUT2D eigenvalue weighted by Gasteiger charge is 2.27. The molecule has 1 aromatic heterocycles. The van der Waals surface area contributed by atoms with Crippen molar-refractivity contribution in [1.82, 2.24) is 4.90 Å². The Morgan fingerprint density at radius 1 is 1.04 bits per heavy atom. The molecule has 0 spiro atoms. The summed E-state index contributed by atoms with van der Waals surface area (Å²) < 4.78 is 5.76. The molecule has 0 aliphatic carbocycles. The second kappa shape index (κ2) is 6.99. The lowest BCUT2D eigenvalue weighted by molar-refractivity contribution is 0.0694. The van der Waals surface area contributed by atoms with Crippen LogP contribution in [0.1, 0.15) is 39.3 Å². The Morgan fingerprint density at radius 2 is 1.77 bits per heavy atom. The first-order valence-corrected chi connectivity index (χ1v) is 9.62. The van der Waals surface area contributed by atoms with Crippen molar-refractivity contribution in [2.45, 2.75) is 19.3 Å². The number of ether oxygens (including phenoxy) is 1. The van der Waals surface area contributed by atoms with Gasteiger partial charge in [0.15, 0.2) is 5.75 Å². The third-order valence-electron chi connectivity index (χ3n) is 4.78. The third-order valence-corrected chi connectivity index (χ3v) is 5.90. The molecule has 136 valence electrons. The highest BCUT2D eigenvalue weighted by atomic mass is 32.1. The molecule has 0 saturated carbocycles. The molecule has 6 nitrogen and oxygen atoms in total. The van der Waals surface area contributed by atoms with Crippen molar-refractivity contribution >= 4 is 33.9 Å². The number of carboxylic acids is 1. The topological polar surface area (TPSA) is 70.1 Å². The predicted molar refractivity (Wildman–Crippen MR) is 100.0 cm³/mol. The molecule has 0 radical (unpaired) electrons. The number of nitrogens with zero attached hydrogens (tertiary/aromatic N) is 2. The molecule has 1 fully saturated rings. The molecular weight excluding hydrogens is 352 g/mol. The van der Waals surface area contributed by atoms with Gasteiger partial charge in [-0.3, -0.25) is 4.79 Å². The Hall–Kier alpha value is -2.54. The standard InChI is InChI=1S/C19H20N2O4S/c22-17(20-8-2-1-3-9-20)16-12-15-18(26-16)21(10-11-25-15)14-6-4-13(5-7-14)19(23)24/h4-7,12H,1-3,8-11H2,(H,23,24). The van der Waals surface area contributed by atoms with Crippen LogP contribution in [0.5, 0.6) is 5.75 Å². The average Bonchev–Trinajstić information content (AvgIpc) is 3.12. The summed E-state index contributed by atoms with van der Waals surface area (Å²) in [5.41, 5.74) is 1.16. The normalized spacial score (nSPS) is 16.8. The summed E-state index contributed by atoms with van der Waals surface area (Å²) in [7, 11) is 0. The number of rotatable bonds is 3. The van der Waals surface area contributed by atoms with Crippen LogP contribution >= 0.6 is 11.3 Å². The molecule has 2 aliphatic heterocycles. The van der Waals surface area contributed by atoms with Crippen molar-refractivity contribution in [3.05, 3.63) is 40.8 Å².